The minimum absolute atomic E-state index is 0.253. The van der Waals surface area contributed by atoms with Crippen LogP contribution < -0.4 is 11.1 Å². The lowest BCUT2D eigenvalue weighted by Crippen LogP contribution is -2.21. The van der Waals surface area contributed by atoms with Crippen LogP contribution in [0.25, 0.3) is 0 Å². The van der Waals surface area contributed by atoms with E-state index in [1.165, 1.54) is 7.11 Å². The standard InChI is InChI=1S/C14H20N2O3/c1-9-10(5-6-19-9)8-16-13-4-3-11(15)7-12(13)14(17)18-2/h3-4,7,9-10,16H,5-6,8,15H2,1-2H3. The smallest absolute Gasteiger partial charge is 0.340 e. The molecule has 1 heterocycles. The van der Waals surface area contributed by atoms with Crippen molar-refractivity contribution in [1.29, 1.82) is 0 Å². The number of carbonyl (C=O) groups is 1. The SMILES string of the molecule is COC(=O)c1cc(N)ccc1NCC1CCOC1C. The maximum absolute atomic E-state index is 11.7. The number of carbonyl (C=O) groups excluding carboxylic acids is 1. The van der Waals surface area contributed by atoms with Gasteiger partial charge in [-0.25, -0.2) is 4.79 Å². The van der Waals surface area contributed by atoms with Gasteiger partial charge in [0, 0.05) is 30.4 Å². The summed E-state index contributed by atoms with van der Waals surface area (Å²) in [6, 6.07) is 5.20. The molecule has 1 saturated heterocycles. The number of ether oxygens (including phenoxy) is 2. The van der Waals surface area contributed by atoms with Crippen molar-refractivity contribution in [3.63, 3.8) is 0 Å². The second-order valence-electron chi connectivity index (χ2n) is 4.80. The monoisotopic (exact) mass is 264 g/mol. The first-order valence-corrected chi connectivity index (χ1v) is 6.45. The van der Waals surface area contributed by atoms with Crippen LogP contribution in [0, 0.1) is 5.92 Å². The average molecular weight is 264 g/mol. The van der Waals surface area contributed by atoms with Crippen LogP contribution in [0.4, 0.5) is 11.4 Å². The van der Waals surface area contributed by atoms with Gasteiger partial charge in [-0.2, -0.15) is 0 Å². The highest BCUT2D eigenvalue weighted by Crippen LogP contribution is 2.24. The Balaban J connectivity index is 2.08. The second kappa shape index (κ2) is 5.93. The van der Waals surface area contributed by atoms with E-state index in [-0.39, 0.29) is 12.1 Å². The van der Waals surface area contributed by atoms with E-state index in [1.807, 2.05) is 6.07 Å². The topological polar surface area (TPSA) is 73.6 Å². The van der Waals surface area contributed by atoms with E-state index in [0.29, 0.717) is 17.2 Å². The molecule has 5 nitrogen and oxygen atoms in total. The molecule has 0 amide bonds. The van der Waals surface area contributed by atoms with Gasteiger partial charge in [0.1, 0.15) is 0 Å². The molecule has 1 aliphatic heterocycles. The van der Waals surface area contributed by atoms with Gasteiger partial charge >= 0.3 is 5.97 Å². The van der Waals surface area contributed by atoms with Gasteiger partial charge in [-0.15, -0.1) is 0 Å². The molecule has 5 heteroatoms. The summed E-state index contributed by atoms with van der Waals surface area (Å²) < 4.78 is 10.3. The van der Waals surface area contributed by atoms with E-state index in [2.05, 4.69) is 12.2 Å². The third-order valence-corrected chi connectivity index (χ3v) is 3.54. The molecule has 1 aromatic rings. The maximum Gasteiger partial charge on any atom is 0.340 e. The normalized spacial score (nSPS) is 22.2. The molecule has 0 radical (unpaired) electrons. The minimum Gasteiger partial charge on any atom is -0.465 e. The molecule has 2 atom stereocenters. The predicted octanol–water partition coefficient (Wildman–Crippen LogP) is 1.89. The van der Waals surface area contributed by atoms with Crippen molar-refractivity contribution in [2.45, 2.75) is 19.4 Å². The molecular weight excluding hydrogens is 244 g/mol. The number of hydrogen-bond acceptors (Lipinski definition) is 5. The summed E-state index contributed by atoms with van der Waals surface area (Å²) >= 11 is 0. The van der Waals surface area contributed by atoms with Crippen LogP contribution in [0.2, 0.25) is 0 Å². The fourth-order valence-corrected chi connectivity index (χ4v) is 2.28. The van der Waals surface area contributed by atoms with E-state index in [9.17, 15) is 4.79 Å². The number of nitrogens with one attached hydrogen (secondary N) is 1. The average Bonchev–Trinajstić information content (AvgIpc) is 2.82. The van der Waals surface area contributed by atoms with Crippen LogP contribution in [0.3, 0.4) is 0 Å². The van der Waals surface area contributed by atoms with Gasteiger partial charge in [0.15, 0.2) is 0 Å². The molecule has 3 N–H and O–H groups in total. The second-order valence-corrected chi connectivity index (χ2v) is 4.80. The summed E-state index contributed by atoms with van der Waals surface area (Å²) in [5.41, 5.74) is 7.47. The van der Waals surface area contributed by atoms with Crippen molar-refractivity contribution in [2.75, 3.05) is 31.3 Å². The van der Waals surface area contributed by atoms with E-state index in [1.54, 1.807) is 12.1 Å². The third-order valence-electron chi connectivity index (χ3n) is 3.54. The zero-order chi connectivity index (χ0) is 13.8. The quantitative estimate of drug-likeness (QED) is 0.641. The molecule has 0 bridgehead atoms. The lowest BCUT2D eigenvalue weighted by molar-refractivity contribution is 0.0602. The number of hydrogen-bond donors (Lipinski definition) is 2. The van der Waals surface area contributed by atoms with E-state index >= 15 is 0 Å². The first-order chi connectivity index (χ1) is 9.11. The molecule has 1 aromatic carbocycles. The number of esters is 1. The molecular formula is C14H20N2O3. The van der Waals surface area contributed by atoms with Gasteiger partial charge in [0.25, 0.3) is 0 Å². The van der Waals surface area contributed by atoms with Crippen molar-refractivity contribution in [3.8, 4) is 0 Å². The van der Waals surface area contributed by atoms with Crippen LogP contribution in [-0.2, 0) is 9.47 Å². The first kappa shape index (κ1) is 13.7. The highest BCUT2D eigenvalue weighted by molar-refractivity contribution is 5.96. The summed E-state index contributed by atoms with van der Waals surface area (Å²) in [5, 5.41) is 3.29. The molecule has 1 aliphatic rings. The van der Waals surface area contributed by atoms with E-state index in [4.69, 9.17) is 15.2 Å². The molecule has 104 valence electrons. The molecule has 0 saturated carbocycles. The molecule has 0 spiro atoms. The van der Waals surface area contributed by atoms with Gasteiger partial charge < -0.3 is 20.5 Å². The predicted molar refractivity (Wildman–Crippen MR) is 74.2 cm³/mol. The van der Waals surface area contributed by atoms with Gasteiger partial charge in [-0.05, 0) is 31.5 Å². The Bertz CT molecular complexity index is 462. The fourth-order valence-electron chi connectivity index (χ4n) is 2.28. The van der Waals surface area contributed by atoms with E-state index in [0.717, 1.165) is 25.3 Å². The Kier molecular flexibility index (Phi) is 4.27. The van der Waals surface area contributed by atoms with Gasteiger partial charge in [0.2, 0.25) is 0 Å². The summed E-state index contributed by atoms with van der Waals surface area (Å²) in [7, 11) is 1.36. The Labute approximate surface area is 113 Å². The molecule has 19 heavy (non-hydrogen) atoms. The first-order valence-electron chi connectivity index (χ1n) is 6.45. The molecule has 1 fully saturated rings. The minimum atomic E-state index is -0.384. The highest BCUT2D eigenvalue weighted by atomic mass is 16.5. The van der Waals surface area contributed by atoms with Gasteiger partial charge in [-0.3, -0.25) is 0 Å². The third kappa shape index (κ3) is 3.17. The summed E-state index contributed by atoms with van der Waals surface area (Å²) in [4.78, 5) is 11.7. The van der Waals surface area contributed by atoms with Crippen molar-refractivity contribution in [1.82, 2.24) is 0 Å². The van der Waals surface area contributed by atoms with Gasteiger partial charge in [-0.1, -0.05) is 0 Å². The summed E-state index contributed by atoms with van der Waals surface area (Å²) in [6.07, 6.45) is 1.29. The zero-order valence-electron chi connectivity index (χ0n) is 11.3. The molecule has 0 aliphatic carbocycles. The lowest BCUT2D eigenvalue weighted by Gasteiger charge is -2.17. The van der Waals surface area contributed by atoms with Crippen molar-refractivity contribution in [2.24, 2.45) is 5.92 Å². The number of rotatable bonds is 4. The zero-order valence-corrected chi connectivity index (χ0v) is 11.3. The van der Waals surface area contributed by atoms with Crippen LogP contribution in [0.15, 0.2) is 18.2 Å². The Morgan fingerprint density at radius 1 is 1.58 bits per heavy atom. The number of nitrogen functional groups attached to an aromatic ring is 1. The Morgan fingerprint density at radius 2 is 2.37 bits per heavy atom. The van der Waals surface area contributed by atoms with Crippen molar-refractivity contribution < 1.29 is 14.3 Å². The van der Waals surface area contributed by atoms with Crippen molar-refractivity contribution in [3.05, 3.63) is 23.8 Å². The maximum atomic E-state index is 11.7. The Hall–Kier alpha value is -1.75. The number of benzene rings is 1. The Morgan fingerprint density at radius 3 is 3.00 bits per heavy atom. The summed E-state index contributed by atoms with van der Waals surface area (Å²) in [5.74, 6) is 0.0774. The van der Waals surface area contributed by atoms with E-state index < -0.39 is 0 Å². The molecule has 2 rings (SSSR count). The number of nitrogens with two attached hydrogens (primary N) is 1. The molecule has 0 aromatic heterocycles. The van der Waals surface area contributed by atoms with Crippen LogP contribution in [0.5, 0.6) is 0 Å². The molecule has 2 unspecified atom stereocenters. The number of anilines is 2. The summed E-state index contributed by atoms with van der Waals surface area (Å²) in [6.45, 7) is 3.65. The number of methoxy groups -OCH3 is 1. The largest absolute Gasteiger partial charge is 0.465 e. The van der Waals surface area contributed by atoms with Crippen LogP contribution in [0.1, 0.15) is 23.7 Å². The fraction of sp³-hybridized carbons (Fsp3) is 0.500. The highest BCUT2D eigenvalue weighted by Gasteiger charge is 2.24. The van der Waals surface area contributed by atoms with Crippen LogP contribution in [-0.4, -0.2) is 32.3 Å². The van der Waals surface area contributed by atoms with Gasteiger partial charge in [0.05, 0.1) is 18.8 Å². The van der Waals surface area contributed by atoms with Crippen molar-refractivity contribution >= 4 is 17.3 Å². The van der Waals surface area contributed by atoms with Crippen LogP contribution >= 0.6 is 0 Å². The lowest BCUT2D eigenvalue weighted by atomic mass is 10.0.